The molecule has 0 saturated carbocycles. The third-order valence-electron chi connectivity index (χ3n) is 3.69. The van der Waals surface area contributed by atoms with Crippen molar-refractivity contribution in [1.82, 2.24) is 10.3 Å². The van der Waals surface area contributed by atoms with E-state index < -0.39 is 0 Å². The maximum Gasteiger partial charge on any atom is 0.0479 e. The van der Waals surface area contributed by atoms with E-state index in [0.29, 0.717) is 5.92 Å². The number of rotatable bonds is 5. The Morgan fingerprint density at radius 2 is 1.90 bits per heavy atom. The highest BCUT2D eigenvalue weighted by atomic mass is 35.5. The molecule has 0 aliphatic rings. The molecule has 20 heavy (non-hydrogen) atoms. The number of hydrogen-bond acceptors (Lipinski definition) is 2. The highest BCUT2D eigenvalue weighted by Gasteiger charge is 2.17. The minimum atomic E-state index is 0.333. The highest BCUT2D eigenvalue weighted by molar-refractivity contribution is 6.31. The van der Waals surface area contributed by atoms with Crippen molar-refractivity contribution in [2.24, 2.45) is 0 Å². The van der Waals surface area contributed by atoms with Gasteiger partial charge in [-0.05, 0) is 56.1 Å². The first-order valence-corrected chi connectivity index (χ1v) is 7.31. The second-order valence-corrected chi connectivity index (χ2v) is 5.61. The van der Waals surface area contributed by atoms with Gasteiger partial charge in [-0.25, -0.2) is 0 Å². The molecule has 0 aliphatic carbocycles. The zero-order chi connectivity index (χ0) is 14.5. The number of likely N-dealkylation sites (N-methyl/N-ethyl adjacent to an activating group) is 1. The fraction of sp³-hybridized carbons (Fsp3) is 0.353. The Morgan fingerprint density at radius 1 is 1.15 bits per heavy atom. The standard InChI is InChI=1S/C17H21ClN2/c1-12-6-4-8-16(18)15(12)10-14(11-19-3)17-13(2)7-5-9-20-17/h4-9,14,19H,10-11H2,1-3H3/t14-/m1/s1. The highest BCUT2D eigenvalue weighted by Crippen LogP contribution is 2.27. The van der Waals surface area contributed by atoms with Gasteiger partial charge in [0.05, 0.1) is 0 Å². The number of pyridine rings is 1. The second kappa shape index (κ2) is 6.87. The largest absolute Gasteiger partial charge is 0.319 e. The average Bonchev–Trinajstić information content (AvgIpc) is 2.43. The molecule has 0 bridgehead atoms. The van der Waals surface area contributed by atoms with Crippen molar-refractivity contribution in [3.05, 3.63) is 63.9 Å². The molecule has 1 N–H and O–H groups in total. The summed E-state index contributed by atoms with van der Waals surface area (Å²) in [5, 5.41) is 4.12. The van der Waals surface area contributed by atoms with Crippen LogP contribution in [-0.2, 0) is 6.42 Å². The number of nitrogens with one attached hydrogen (secondary N) is 1. The maximum atomic E-state index is 6.36. The van der Waals surface area contributed by atoms with Crippen LogP contribution in [0.15, 0.2) is 36.5 Å². The van der Waals surface area contributed by atoms with Crippen LogP contribution in [0.4, 0.5) is 0 Å². The monoisotopic (exact) mass is 288 g/mol. The summed E-state index contributed by atoms with van der Waals surface area (Å²) in [7, 11) is 1.98. The van der Waals surface area contributed by atoms with Crippen LogP contribution < -0.4 is 5.32 Å². The molecule has 1 aromatic heterocycles. The predicted octanol–water partition coefficient (Wildman–Crippen LogP) is 3.90. The van der Waals surface area contributed by atoms with Gasteiger partial charge in [0.25, 0.3) is 0 Å². The molecule has 106 valence electrons. The van der Waals surface area contributed by atoms with Gasteiger partial charge in [-0.15, -0.1) is 0 Å². The summed E-state index contributed by atoms with van der Waals surface area (Å²) >= 11 is 6.36. The Bertz CT molecular complexity index is 561. The lowest BCUT2D eigenvalue weighted by molar-refractivity contribution is 0.606. The Kier molecular flexibility index (Phi) is 5.16. The number of benzene rings is 1. The maximum absolute atomic E-state index is 6.36. The Labute approximate surface area is 126 Å². The van der Waals surface area contributed by atoms with E-state index in [1.165, 1.54) is 16.7 Å². The normalized spacial score (nSPS) is 12.4. The summed E-state index contributed by atoms with van der Waals surface area (Å²) in [6.07, 6.45) is 2.77. The molecular formula is C17H21ClN2. The molecule has 2 nitrogen and oxygen atoms in total. The number of halogens is 1. The van der Waals surface area contributed by atoms with Crippen LogP contribution in [0.3, 0.4) is 0 Å². The van der Waals surface area contributed by atoms with Crippen LogP contribution in [0.5, 0.6) is 0 Å². The third-order valence-corrected chi connectivity index (χ3v) is 4.04. The summed E-state index contributed by atoms with van der Waals surface area (Å²) in [4.78, 5) is 4.57. The number of aryl methyl sites for hydroxylation is 2. The first kappa shape index (κ1) is 15.0. The van der Waals surface area contributed by atoms with Crippen molar-refractivity contribution in [3.63, 3.8) is 0 Å². The van der Waals surface area contributed by atoms with Gasteiger partial charge in [0.2, 0.25) is 0 Å². The Hall–Kier alpha value is -1.38. The van der Waals surface area contributed by atoms with Crippen molar-refractivity contribution >= 4 is 11.6 Å². The van der Waals surface area contributed by atoms with Gasteiger partial charge in [0.1, 0.15) is 0 Å². The number of nitrogens with zero attached hydrogens (tertiary/aromatic N) is 1. The van der Waals surface area contributed by atoms with Gasteiger partial charge in [0.15, 0.2) is 0 Å². The molecular weight excluding hydrogens is 268 g/mol. The van der Waals surface area contributed by atoms with Gasteiger partial charge in [-0.1, -0.05) is 29.8 Å². The molecule has 3 heteroatoms. The van der Waals surface area contributed by atoms with E-state index in [1.807, 2.05) is 31.4 Å². The fourth-order valence-corrected chi connectivity index (χ4v) is 2.91. The smallest absolute Gasteiger partial charge is 0.0479 e. The SMILES string of the molecule is CNC[C@@H](Cc1c(C)cccc1Cl)c1ncccc1C. The van der Waals surface area contributed by atoms with Gasteiger partial charge in [0, 0.05) is 29.4 Å². The van der Waals surface area contributed by atoms with Crippen molar-refractivity contribution in [2.75, 3.05) is 13.6 Å². The summed E-state index contributed by atoms with van der Waals surface area (Å²) < 4.78 is 0. The fourth-order valence-electron chi connectivity index (χ4n) is 2.61. The molecule has 0 radical (unpaired) electrons. The van der Waals surface area contributed by atoms with E-state index in [1.54, 1.807) is 0 Å². The summed E-state index contributed by atoms with van der Waals surface area (Å²) in [5.41, 5.74) is 4.85. The molecule has 2 aromatic rings. The van der Waals surface area contributed by atoms with Crippen LogP contribution in [0, 0.1) is 13.8 Å². The lowest BCUT2D eigenvalue weighted by Gasteiger charge is -2.20. The van der Waals surface area contributed by atoms with Gasteiger partial charge >= 0.3 is 0 Å². The van der Waals surface area contributed by atoms with Crippen LogP contribution in [-0.4, -0.2) is 18.6 Å². The third kappa shape index (κ3) is 3.38. The van der Waals surface area contributed by atoms with Crippen molar-refractivity contribution in [2.45, 2.75) is 26.2 Å². The molecule has 1 aromatic carbocycles. The quantitative estimate of drug-likeness (QED) is 0.903. The minimum absolute atomic E-state index is 0.333. The van der Waals surface area contributed by atoms with Crippen molar-refractivity contribution in [3.8, 4) is 0 Å². The molecule has 0 unspecified atom stereocenters. The van der Waals surface area contributed by atoms with E-state index >= 15 is 0 Å². The van der Waals surface area contributed by atoms with Gasteiger partial charge < -0.3 is 5.32 Å². The Balaban J connectivity index is 2.33. The lowest BCUT2D eigenvalue weighted by Crippen LogP contribution is -2.21. The Morgan fingerprint density at radius 3 is 2.55 bits per heavy atom. The minimum Gasteiger partial charge on any atom is -0.319 e. The van der Waals surface area contributed by atoms with Crippen LogP contribution in [0.2, 0.25) is 5.02 Å². The molecule has 0 aliphatic heterocycles. The first-order valence-electron chi connectivity index (χ1n) is 6.93. The van der Waals surface area contributed by atoms with E-state index in [2.05, 4.69) is 36.3 Å². The van der Waals surface area contributed by atoms with Crippen LogP contribution in [0.1, 0.15) is 28.3 Å². The van der Waals surface area contributed by atoms with E-state index in [-0.39, 0.29) is 0 Å². The first-order chi connectivity index (χ1) is 9.63. The van der Waals surface area contributed by atoms with Crippen LogP contribution in [0.25, 0.3) is 0 Å². The molecule has 0 saturated heterocycles. The molecule has 1 atom stereocenters. The van der Waals surface area contributed by atoms with Crippen LogP contribution >= 0.6 is 11.6 Å². The number of aromatic nitrogens is 1. The molecule has 2 rings (SSSR count). The zero-order valence-corrected chi connectivity index (χ0v) is 13.0. The van der Waals surface area contributed by atoms with Crippen molar-refractivity contribution < 1.29 is 0 Å². The molecule has 0 fully saturated rings. The lowest BCUT2D eigenvalue weighted by atomic mass is 9.91. The molecule has 0 amide bonds. The molecule has 0 spiro atoms. The average molecular weight is 289 g/mol. The topological polar surface area (TPSA) is 24.9 Å². The van der Waals surface area contributed by atoms with Gasteiger partial charge in [-0.3, -0.25) is 4.98 Å². The van der Waals surface area contributed by atoms with E-state index in [0.717, 1.165) is 23.7 Å². The van der Waals surface area contributed by atoms with Crippen molar-refractivity contribution in [1.29, 1.82) is 0 Å². The van der Waals surface area contributed by atoms with E-state index in [9.17, 15) is 0 Å². The molecule has 1 heterocycles. The summed E-state index contributed by atoms with van der Waals surface area (Å²) in [6, 6.07) is 10.2. The predicted molar refractivity (Wildman–Crippen MR) is 85.5 cm³/mol. The summed E-state index contributed by atoms with van der Waals surface area (Å²) in [6.45, 7) is 5.12. The van der Waals surface area contributed by atoms with E-state index in [4.69, 9.17) is 11.6 Å². The number of hydrogen-bond donors (Lipinski definition) is 1. The second-order valence-electron chi connectivity index (χ2n) is 5.20. The summed E-state index contributed by atoms with van der Waals surface area (Å²) in [5.74, 6) is 0.333. The van der Waals surface area contributed by atoms with Gasteiger partial charge in [-0.2, -0.15) is 0 Å². The zero-order valence-electron chi connectivity index (χ0n) is 12.3.